The molecule has 3 heteroatoms. The molecular formula is C10H12BrNO. The monoisotopic (exact) mass is 241 g/mol. The van der Waals surface area contributed by atoms with Gasteiger partial charge in [0.25, 0.3) is 0 Å². The van der Waals surface area contributed by atoms with E-state index in [0.29, 0.717) is 5.92 Å². The lowest BCUT2D eigenvalue weighted by Gasteiger charge is -2.20. The zero-order valence-electron chi connectivity index (χ0n) is 7.37. The fourth-order valence-electron chi connectivity index (χ4n) is 1.62. The first-order valence-electron chi connectivity index (χ1n) is 4.53. The highest BCUT2D eigenvalue weighted by Crippen LogP contribution is 2.25. The molecule has 0 aliphatic carbocycles. The number of hydrogen-bond acceptors (Lipinski definition) is 2. The molecule has 0 aromatic heterocycles. The van der Waals surface area contributed by atoms with Crippen molar-refractivity contribution < 1.29 is 4.74 Å². The smallest absolute Gasteiger partial charge is 0.101 e. The quantitative estimate of drug-likeness (QED) is 0.511. The standard InChI is InChI=1S/C10H12BrNO/c11-10-2-1-9(7-12-10)8-3-5-13-6-4-8/h2-3,7,9H,1,4-6H2. The third-order valence-electron chi connectivity index (χ3n) is 2.39. The molecule has 0 spiro atoms. The fourth-order valence-corrected chi connectivity index (χ4v) is 1.93. The van der Waals surface area contributed by atoms with Crippen molar-refractivity contribution in [2.45, 2.75) is 12.8 Å². The molecule has 2 heterocycles. The first kappa shape index (κ1) is 9.16. The Morgan fingerprint density at radius 2 is 2.38 bits per heavy atom. The van der Waals surface area contributed by atoms with Crippen molar-refractivity contribution in [1.29, 1.82) is 0 Å². The van der Waals surface area contributed by atoms with Gasteiger partial charge in [-0.25, -0.2) is 0 Å². The van der Waals surface area contributed by atoms with Crippen LogP contribution in [-0.2, 0) is 4.74 Å². The number of hydrogen-bond donors (Lipinski definition) is 0. The molecule has 0 aromatic rings. The maximum absolute atomic E-state index is 5.27. The number of ether oxygens (including phenoxy) is 1. The van der Waals surface area contributed by atoms with E-state index in [1.807, 2.05) is 6.21 Å². The van der Waals surface area contributed by atoms with Crippen LogP contribution in [0.4, 0.5) is 0 Å². The molecule has 0 saturated heterocycles. The Balaban J connectivity index is 2.03. The van der Waals surface area contributed by atoms with Crippen LogP contribution in [0.25, 0.3) is 0 Å². The summed E-state index contributed by atoms with van der Waals surface area (Å²) >= 11 is 3.36. The second-order valence-electron chi connectivity index (χ2n) is 3.25. The summed E-state index contributed by atoms with van der Waals surface area (Å²) in [4.78, 5) is 4.26. The highest BCUT2D eigenvalue weighted by atomic mass is 79.9. The molecule has 2 rings (SSSR count). The predicted octanol–water partition coefficient (Wildman–Crippen LogP) is 2.66. The Kier molecular flexibility index (Phi) is 2.96. The van der Waals surface area contributed by atoms with Crippen LogP contribution in [0.2, 0.25) is 0 Å². The number of aliphatic imine (C=N–C) groups is 1. The van der Waals surface area contributed by atoms with E-state index in [1.165, 1.54) is 5.57 Å². The van der Waals surface area contributed by atoms with E-state index in [0.717, 1.165) is 30.7 Å². The van der Waals surface area contributed by atoms with Crippen molar-refractivity contribution in [3.8, 4) is 0 Å². The Morgan fingerprint density at radius 1 is 1.46 bits per heavy atom. The molecule has 0 amide bonds. The van der Waals surface area contributed by atoms with Gasteiger partial charge < -0.3 is 4.74 Å². The highest BCUT2D eigenvalue weighted by molar-refractivity contribution is 9.11. The SMILES string of the molecule is BrC1=CCC(C2=CCOCC2)C=N1. The van der Waals surface area contributed by atoms with Crippen LogP contribution in [0.3, 0.4) is 0 Å². The molecule has 0 radical (unpaired) electrons. The topological polar surface area (TPSA) is 21.6 Å². The molecule has 70 valence electrons. The van der Waals surface area contributed by atoms with Gasteiger partial charge in [-0.2, -0.15) is 0 Å². The maximum atomic E-state index is 5.27. The van der Waals surface area contributed by atoms with Crippen LogP contribution >= 0.6 is 15.9 Å². The molecule has 0 saturated carbocycles. The normalized spacial score (nSPS) is 28.2. The van der Waals surface area contributed by atoms with Gasteiger partial charge in [0.1, 0.15) is 4.61 Å². The number of nitrogens with zero attached hydrogens (tertiary/aromatic N) is 1. The first-order chi connectivity index (χ1) is 6.36. The minimum Gasteiger partial charge on any atom is -0.377 e. The van der Waals surface area contributed by atoms with Crippen LogP contribution in [0.1, 0.15) is 12.8 Å². The predicted molar refractivity (Wildman–Crippen MR) is 57.1 cm³/mol. The minimum atomic E-state index is 0.505. The Hall–Kier alpha value is -0.410. The van der Waals surface area contributed by atoms with Crippen molar-refractivity contribution in [2.75, 3.05) is 13.2 Å². The summed E-state index contributed by atoms with van der Waals surface area (Å²) in [5, 5.41) is 0. The second-order valence-corrected chi connectivity index (χ2v) is 4.06. The molecule has 1 unspecified atom stereocenters. The van der Waals surface area contributed by atoms with Crippen LogP contribution in [0, 0.1) is 5.92 Å². The van der Waals surface area contributed by atoms with E-state index in [9.17, 15) is 0 Å². The van der Waals surface area contributed by atoms with E-state index in [2.05, 4.69) is 33.1 Å². The molecule has 0 aromatic carbocycles. The Morgan fingerprint density at radius 3 is 3.00 bits per heavy atom. The molecule has 2 aliphatic heterocycles. The van der Waals surface area contributed by atoms with Crippen molar-refractivity contribution in [3.63, 3.8) is 0 Å². The summed E-state index contributed by atoms with van der Waals surface area (Å²) in [7, 11) is 0. The Bertz CT molecular complexity index is 281. The summed E-state index contributed by atoms with van der Waals surface area (Å²) in [5.41, 5.74) is 1.48. The van der Waals surface area contributed by atoms with E-state index in [-0.39, 0.29) is 0 Å². The van der Waals surface area contributed by atoms with Crippen molar-refractivity contribution >= 4 is 22.1 Å². The average Bonchev–Trinajstić information content (AvgIpc) is 2.20. The molecule has 13 heavy (non-hydrogen) atoms. The molecular weight excluding hydrogens is 230 g/mol. The van der Waals surface area contributed by atoms with Crippen molar-refractivity contribution in [3.05, 3.63) is 22.3 Å². The number of allylic oxidation sites excluding steroid dienone is 1. The van der Waals surface area contributed by atoms with Gasteiger partial charge in [-0.15, -0.1) is 0 Å². The van der Waals surface area contributed by atoms with Crippen LogP contribution < -0.4 is 0 Å². The van der Waals surface area contributed by atoms with Gasteiger partial charge in [0.15, 0.2) is 0 Å². The molecule has 2 aliphatic rings. The van der Waals surface area contributed by atoms with Crippen LogP contribution in [0.5, 0.6) is 0 Å². The zero-order valence-corrected chi connectivity index (χ0v) is 8.96. The summed E-state index contributed by atoms with van der Waals surface area (Å²) in [6, 6.07) is 0. The third-order valence-corrected chi connectivity index (χ3v) is 2.92. The average molecular weight is 242 g/mol. The first-order valence-corrected chi connectivity index (χ1v) is 5.32. The van der Waals surface area contributed by atoms with E-state index < -0.39 is 0 Å². The third kappa shape index (κ3) is 2.29. The Labute approximate surface area is 86.5 Å². The second kappa shape index (κ2) is 4.20. The van der Waals surface area contributed by atoms with Crippen LogP contribution in [0.15, 0.2) is 27.3 Å². The highest BCUT2D eigenvalue weighted by Gasteiger charge is 2.15. The lowest BCUT2D eigenvalue weighted by Crippen LogP contribution is -2.14. The lowest BCUT2D eigenvalue weighted by molar-refractivity contribution is 0.152. The molecule has 0 fully saturated rings. The van der Waals surface area contributed by atoms with Gasteiger partial charge in [-0.05, 0) is 28.8 Å². The molecule has 0 bridgehead atoms. The maximum Gasteiger partial charge on any atom is 0.101 e. The van der Waals surface area contributed by atoms with Crippen molar-refractivity contribution in [2.24, 2.45) is 10.9 Å². The van der Waals surface area contributed by atoms with Gasteiger partial charge in [-0.1, -0.05) is 17.7 Å². The van der Waals surface area contributed by atoms with E-state index >= 15 is 0 Å². The largest absolute Gasteiger partial charge is 0.377 e. The van der Waals surface area contributed by atoms with Gasteiger partial charge in [-0.3, -0.25) is 4.99 Å². The summed E-state index contributed by atoms with van der Waals surface area (Å²) in [5.74, 6) is 0.505. The lowest BCUT2D eigenvalue weighted by atomic mass is 9.92. The van der Waals surface area contributed by atoms with Gasteiger partial charge in [0.2, 0.25) is 0 Å². The van der Waals surface area contributed by atoms with Crippen LogP contribution in [-0.4, -0.2) is 19.4 Å². The number of halogens is 1. The summed E-state index contributed by atoms with van der Waals surface area (Å²) < 4.78 is 6.22. The zero-order chi connectivity index (χ0) is 9.10. The summed E-state index contributed by atoms with van der Waals surface area (Å²) in [6.45, 7) is 1.63. The summed E-state index contributed by atoms with van der Waals surface area (Å²) in [6.07, 6.45) is 8.47. The molecule has 1 atom stereocenters. The van der Waals surface area contributed by atoms with Gasteiger partial charge >= 0.3 is 0 Å². The fraction of sp³-hybridized carbons (Fsp3) is 0.500. The molecule has 0 N–H and O–H groups in total. The van der Waals surface area contributed by atoms with E-state index in [1.54, 1.807) is 0 Å². The molecule has 2 nitrogen and oxygen atoms in total. The van der Waals surface area contributed by atoms with Gasteiger partial charge in [0, 0.05) is 12.1 Å². The van der Waals surface area contributed by atoms with E-state index in [4.69, 9.17) is 4.74 Å². The van der Waals surface area contributed by atoms with Gasteiger partial charge in [0.05, 0.1) is 13.2 Å². The van der Waals surface area contributed by atoms with Crippen molar-refractivity contribution in [1.82, 2.24) is 0 Å². The number of rotatable bonds is 1. The minimum absolute atomic E-state index is 0.505.